The predicted octanol–water partition coefficient (Wildman–Crippen LogP) is 2.93. The minimum absolute atomic E-state index is 0.203. The van der Waals surface area contributed by atoms with Gasteiger partial charge in [0.15, 0.2) is 0 Å². The molecule has 3 aromatic rings. The summed E-state index contributed by atoms with van der Waals surface area (Å²) in [7, 11) is 0. The molecule has 0 atom stereocenters. The lowest BCUT2D eigenvalue weighted by atomic mass is 9.97. The van der Waals surface area contributed by atoms with Gasteiger partial charge in [-0.3, -0.25) is 9.59 Å². The summed E-state index contributed by atoms with van der Waals surface area (Å²) in [5, 5.41) is 0. The van der Waals surface area contributed by atoms with Crippen molar-refractivity contribution >= 4 is 5.78 Å². The molecule has 0 fully saturated rings. The summed E-state index contributed by atoms with van der Waals surface area (Å²) < 4.78 is 5.05. The van der Waals surface area contributed by atoms with Crippen LogP contribution in [0.3, 0.4) is 0 Å². The van der Waals surface area contributed by atoms with Gasteiger partial charge in [0, 0.05) is 11.6 Å². The molecule has 2 aromatic carbocycles. The van der Waals surface area contributed by atoms with Crippen LogP contribution in [0, 0.1) is 0 Å². The maximum Gasteiger partial charge on any atom is 0.276 e. The molecular weight excluding hydrogens is 266 g/mol. The van der Waals surface area contributed by atoms with Crippen LogP contribution in [-0.4, -0.2) is 10.8 Å². The van der Waals surface area contributed by atoms with Crippen molar-refractivity contribution in [2.75, 3.05) is 0 Å². The molecule has 0 saturated carbocycles. The highest BCUT2D eigenvalue weighted by atomic mass is 16.3. The Bertz CT molecular complexity index is 838. The summed E-state index contributed by atoms with van der Waals surface area (Å²) in [5.41, 5.74) is 1.64. The average molecular weight is 277 g/mol. The highest BCUT2D eigenvalue weighted by Gasteiger charge is 2.18. The molecule has 102 valence electrons. The predicted molar refractivity (Wildman–Crippen MR) is 78.1 cm³/mol. The summed E-state index contributed by atoms with van der Waals surface area (Å²) in [5.74, 6) is -0.613. The largest absolute Gasteiger partial charge is 0.443 e. The fraction of sp³-hybridized carbons (Fsp3) is 0. The molecule has 4 heteroatoms. The maximum atomic E-state index is 12.5. The van der Waals surface area contributed by atoms with E-state index in [9.17, 15) is 9.59 Å². The lowest BCUT2D eigenvalue weighted by Crippen LogP contribution is -2.12. The number of carbonyl (C=O) groups excluding carboxylic acids is 1. The molecule has 0 aliphatic rings. The molecule has 0 aliphatic carbocycles. The van der Waals surface area contributed by atoms with Gasteiger partial charge in [0.1, 0.15) is 0 Å². The van der Waals surface area contributed by atoms with Gasteiger partial charge in [-0.05, 0) is 11.1 Å². The molecule has 0 aliphatic heterocycles. The standard InChI is InChI=1S/C17H11NO3/c19-15-10-11-21-17(18-15)16(20)14-9-5-4-8-13(14)12-6-2-1-3-7-12/h1-11H. The van der Waals surface area contributed by atoms with Gasteiger partial charge in [-0.15, -0.1) is 0 Å². The van der Waals surface area contributed by atoms with Crippen molar-refractivity contribution in [3.63, 3.8) is 0 Å². The second-order valence-corrected chi connectivity index (χ2v) is 4.42. The number of nitrogens with zero attached hydrogens (tertiary/aromatic N) is 1. The van der Waals surface area contributed by atoms with Gasteiger partial charge in [0.2, 0.25) is 5.78 Å². The number of aromatic nitrogens is 1. The molecule has 0 spiro atoms. The minimum Gasteiger partial charge on any atom is -0.443 e. The Morgan fingerprint density at radius 3 is 2.38 bits per heavy atom. The van der Waals surface area contributed by atoms with E-state index in [1.807, 2.05) is 42.5 Å². The molecule has 0 amide bonds. The summed E-state index contributed by atoms with van der Waals surface area (Å²) in [6.45, 7) is 0. The van der Waals surface area contributed by atoms with E-state index in [0.717, 1.165) is 11.1 Å². The third kappa shape index (κ3) is 2.65. The van der Waals surface area contributed by atoms with Crippen LogP contribution in [0.1, 0.15) is 16.2 Å². The van der Waals surface area contributed by atoms with E-state index in [2.05, 4.69) is 4.98 Å². The number of hydrogen-bond donors (Lipinski definition) is 0. The van der Waals surface area contributed by atoms with E-state index < -0.39 is 11.3 Å². The molecule has 21 heavy (non-hydrogen) atoms. The van der Waals surface area contributed by atoms with Crippen molar-refractivity contribution < 1.29 is 9.21 Å². The number of carbonyl (C=O) groups is 1. The summed E-state index contributed by atoms with van der Waals surface area (Å²) in [6, 6.07) is 17.9. The Morgan fingerprint density at radius 2 is 1.62 bits per heavy atom. The van der Waals surface area contributed by atoms with Crippen LogP contribution < -0.4 is 5.56 Å². The first-order valence-corrected chi connectivity index (χ1v) is 6.41. The molecule has 0 unspecified atom stereocenters. The van der Waals surface area contributed by atoms with Gasteiger partial charge in [-0.25, -0.2) is 0 Å². The minimum atomic E-state index is -0.498. The van der Waals surface area contributed by atoms with Crippen LogP contribution >= 0.6 is 0 Å². The fourth-order valence-corrected chi connectivity index (χ4v) is 2.09. The van der Waals surface area contributed by atoms with Crippen LogP contribution in [0.2, 0.25) is 0 Å². The van der Waals surface area contributed by atoms with Crippen LogP contribution in [0.4, 0.5) is 0 Å². The van der Waals surface area contributed by atoms with E-state index in [4.69, 9.17) is 4.42 Å². The average Bonchev–Trinajstić information content (AvgIpc) is 2.55. The van der Waals surface area contributed by atoms with E-state index in [0.29, 0.717) is 5.56 Å². The Labute approximate surface area is 120 Å². The zero-order valence-electron chi connectivity index (χ0n) is 11.0. The van der Waals surface area contributed by atoms with Gasteiger partial charge in [-0.1, -0.05) is 54.6 Å². The fourth-order valence-electron chi connectivity index (χ4n) is 2.09. The van der Waals surface area contributed by atoms with Gasteiger partial charge >= 0.3 is 0 Å². The van der Waals surface area contributed by atoms with Crippen LogP contribution in [-0.2, 0) is 0 Å². The lowest BCUT2D eigenvalue weighted by molar-refractivity contribution is 0.0999. The Morgan fingerprint density at radius 1 is 0.905 bits per heavy atom. The quantitative estimate of drug-likeness (QED) is 0.691. The maximum absolute atomic E-state index is 12.5. The SMILES string of the molecule is O=C(c1nc(=O)cco1)c1ccccc1-c1ccccc1. The topological polar surface area (TPSA) is 60.2 Å². The van der Waals surface area contributed by atoms with Crippen molar-refractivity contribution in [1.29, 1.82) is 0 Å². The Hall–Kier alpha value is -3.01. The smallest absolute Gasteiger partial charge is 0.276 e. The molecule has 0 bridgehead atoms. The molecule has 4 nitrogen and oxygen atoms in total. The highest BCUT2D eigenvalue weighted by molar-refractivity contribution is 6.10. The van der Waals surface area contributed by atoms with Crippen molar-refractivity contribution in [2.24, 2.45) is 0 Å². The van der Waals surface area contributed by atoms with Crippen molar-refractivity contribution in [1.82, 2.24) is 4.98 Å². The van der Waals surface area contributed by atoms with Gasteiger partial charge < -0.3 is 4.42 Å². The third-order valence-corrected chi connectivity index (χ3v) is 3.05. The Balaban J connectivity index is 2.12. The summed E-state index contributed by atoms with van der Waals surface area (Å²) in [6.07, 6.45) is 1.17. The molecule has 1 aromatic heterocycles. The van der Waals surface area contributed by atoms with Crippen molar-refractivity contribution in [3.05, 3.63) is 88.7 Å². The molecule has 0 saturated heterocycles. The van der Waals surface area contributed by atoms with Gasteiger partial charge in [0.05, 0.1) is 6.26 Å². The van der Waals surface area contributed by atoms with Crippen LogP contribution in [0.5, 0.6) is 0 Å². The first-order valence-electron chi connectivity index (χ1n) is 6.41. The number of benzene rings is 2. The number of rotatable bonds is 3. The second kappa shape index (κ2) is 5.54. The molecule has 1 heterocycles. The van der Waals surface area contributed by atoms with Crippen LogP contribution in [0.15, 0.2) is 76.1 Å². The first-order chi connectivity index (χ1) is 10.3. The van der Waals surface area contributed by atoms with Gasteiger partial charge in [0.25, 0.3) is 11.4 Å². The monoisotopic (exact) mass is 277 g/mol. The summed E-state index contributed by atoms with van der Waals surface area (Å²) in [4.78, 5) is 27.4. The molecule has 0 radical (unpaired) electrons. The normalized spacial score (nSPS) is 10.3. The molecule has 0 N–H and O–H groups in total. The second-order valence-electron chi connectivity index (χ2n) is 4.42. The van der Waals surface area contributed by atoms with Crippen molar-refractivity contribution in [3.8, 4) is 11.1 Å². The summed E-state index contributed by atoms with van der Waals surface area (Å²) >= 11 is 0. The van der Waals surface area contributed by atoms with Gasteiger partial charge in [-0.2, -0.15) is 4.98 Å². The van der Waals surface area contributed by atoms with E-state index in [-0.39, 0.29) is 5.89 Å². The highest BCUT2D eigenvalue weighted by Crippen LogP contribution is 2.24. The zero-order chi connectivity index (χ0) is 14.7. The Kier molecular flexibility index (Phi) is 3.43. The first kappa shape index (κ1) is 13.0. The lowest BCUT2D eigenvalue weighted by Gasteiger charge is -2.07. The number of hydrogen-bond acceptors (Lipinski definition) is 4. The van der Waals surface area contributed by atoms with E-state index >= 15 is 0 Å². The molecular formula is C17H11NO3. The van der Waals surface area contributed by atoms with E-state index in [1.165, 1.54) is 12.3 Å². The van der Waals surface area contributed by atoms with Crippen LogP contribution in [0.25, 0.3) is 11.1 Å². The third-order valence-electron chi connectivity index (χ3n) is 3.05. The molecule has 3 rings (SSSR count). The van der Waals surface area contributed by atoms with E-state index in [1.54, 1.807) is 12.1 Å². The number of ketones is 1. The van der Waals surface area contributed by atoms with Crippen molar-refractivity contribution in [2.45, 2.75) is 0 Å². The zero-order valence-corrected chi connectivity index (χ0v) is 11.0.